The van der Waals surface area contributed by atoms with Crippen molar-refractivity contribution in [3.05, 3.63) is 12.2 Å². The van der Waals surface area contributed by atoms with Gasteiger partial charge in [0, 0.05) is 19.3 Å². The third-order valence-corrected chi connectivity index (χ3v) is 8.15. The summed E-state index contributed by atoms with van der Waals surface area (Å²) >= 11 is 0. The van der Waals surface area contributed by atoms with Crippen LogP contribution in [-0.4, -0.2) is 75.5 Å². The summed E-state index contributed by atoms with van der Waals surface area (Å²) in [6, 6.07) is -0.721. The van der Waals surface area contributed by atoms with Crippen LogP contribution in [0.25, 0.3) is 0 Å². The Kier molecular flexibility index (Phi) is 28.2. The average Bonchev–Trinajstić information content (AvgIpc) is 2.98. The zero-order chi connectivity index (χ0) is 33.6. The molecule has 0 aromatic heterocycles. The standard InChI is InChI=1S/C37H69NO7/c1-6-8-10-12-14-15-16-17-18-19-20-22-23-25-27-35(39)44-32-33(31-43-30-29-34(37(41)42)38(3,4)5)45-36(40)28-26-24-21-13-11-9-7-2/h18-19,33-34H,6-17,20-32H2,1-5H3/b19-18+. The lowest BCUT2D eigenvalue weighted by Crippen LogP contribution is -2.55. The third kappa shape index (κ3) is 28.1. The van der Waals surface area contributed by atoms with Crippen LogP contribution in [0.2, 0.25) is 0 Å². The van der Waals surface area contributed by atoms with E-state index in [1.54, 1.807) is 21.1 Å². The number of allylic oxidation sites excluding steroid dienone is 2. The van der Waals surface area contributed by atoms with Gasteiger partial charge < -0.3 is 28.6 Å². The summed E-state index contributed by atoms with van der Waals surface area (Å²) in [6.45, 7) is 4.58. The van der Waals surface area contributed by atoms with Crippen LogP contribution in [0.4, 0.5) is 0 Å². The maximum atomic E-state index is 12.5. The van der Waals surface area contributed by atoms with Gasteiger partial charge in [0.1, 0.15) is 12.6 Å². The molecule has 0 radical (unpaired) electrons. The van der Waals surface area contributed by atoms with E-state index in [1.165, 1.54) is 70.6 Å². The number of aliphatic carboxylic acids is 1. The minimum Gasteiger partial charge on any atom is -0.544 e. The fourth-order valence-corrected chi connectivity index (χ4v) is 5.24. The number of quaternary nitrogens is 1. The summed E-state index contributed by atoms with van der Waals surface area (Å²) in [5.41, 5.74) is 0. The SMILES string of the molecule is CCCCCCCCC/C=C/CCCCCC(=O)OCC(COCCC(C(=O)[O-])[N+](C)(C)C)OC(=O)CCCCCCCCC. The molecule has 0 bridgehead atoms. The highest BCUT2D eigenvalue weighted by atomic mass is 16.6. The van der Waals surface area contributed by atoms with E-state index in [-0.39, 0.29) is 42.7 Å². The molecule has 0 aliphatic heterocycles. The van der Waals surface area contributed by atoms with Crippen molar-refractivity contribution in [2.45, 2.75) is 167 Å². The van der Waals surface area contributed by atoms with Crippen molar-refractivity contribution in [2.24, 2.45) is 0 Å². The van der Waals surface area contributed by atoms with E-state index in [0.717, 1.165) is 51.4 Å². The van der Waals surface area contributed by atoms with E-state index < -0.39 is 18.1 Å². The quantitative estimate of drug-likeness (QED) is 0.0326. The first-order chi connectivity index (χ1) is 21.6. The van der Waals surface area contributed by atoms with Gasteiger partial charge in [-0.2, -0.15) is 0 Å². The van der Waals surface area contributed by atoms with Crippen LogP contribution >= 0.6 is 0 Å². The molecule has 0 spiro atoms. The predicted molar refractivity (Wildman–Crippen MR) is 181 cm³/mol. The number of carboxylic acid groups (broad SMARTS) is 1. The molecule has 2 unspecified atom stereocenters. The maximum absolute atomic E-state index is 12.5. The van der Waals surface area contributed by atoms with Gasteiger partial charge in [-0.15, -0.1) is 0 Å². The molecule has 8 heteroatoms. The Hall–Kier alpha value is -1.93. The number of carbonyl (C=O) groups is 3. The average molecular weight is 640 g/mol. The fraction of sp³-hybridized carbons (Fsp3) is 0.865. The number of nitrogens with zero attached hydrogens (tertiary/aromatic N) is 1. The molecule has 2 atom stereocenters. The van der Waals surface area contributed by atoms with Crippen LogP contribution < -0.4 is 5.11 Å². The maximum Gasteiger partial charge on any atom is 0.306 e. The second-order valence-electron chi connectivity index (χ2n) is 13.5. The number of rotatable bonds is 32. The van der Waals surface area contributed by atoms with E-state index in [4.69, 9.17) is 14.2 Å². The Labute approximate surface area is 276 Å². The largest absolute Gasteiger partial charge is 0.544 e. The van der Waals surface area contributed by atoms with E-state index in [2.05, 4.69) is 26.0 Å². The van der Waals surface area contributed by atoms with Gasteiger partial charge in [0.15, 0.2) is 6.10 Å². The van der Waals surface area contributed by atoms with Crippen molar-refractivity contribution < 1.29 is 38.2 Å². The number of likely N-dealkylation sites (N-methyl/N-ethyl adjacent to an activating group) is 1. The van der Waals surface area contributed by atoms with E-state index >= 15 is 0 Å². The van der Waals surface area contributed by atoms with E-state index in [9.17, 15) is 19.5 Å². The van der Waals surface area contributed by atoms with Crippen LogP contribution in [-0.2, 0) is 28.6 Å². The number of unbranched alkanes of at least 4 members (excludes halogenated alkanes) is 16. The first-order valence-electron chi connectivity index (χ1n) is 18.2. The third-order valence-electron chi connectivity index (χ3n) is 8.15. The predicted octanol–water partition coefficient (Wildman–Crippen LogP) is 7.46. The van der Waals surface area contributed by atoms with E-state index in [1.807, 2.05) is 0 Å². The summed E-state index contributed by atoms with van der Waals surface area (Å²) in [6.07, 6.45) is 26.8. The molecule has 0 amide bonds. The van der Waals surface area contributed by atoms with Crippen LogP contribution in [0.15, 0.2) is 12.2 Å². The molecule has 0 aliphatic carbocycles. The highest BCUT2D eigenvalue weighted by molar-refractivity contribution is 5.70. The van der Waals surface area contributed by atoms with Crippen molar-refractivity contribution >= 4 is 17.9 Å². The minimum atomic E-state index is -1.13. The Morgan fingerprint density at radius 1 is 0.644 bits per heavy atom. The van der Waals surface area contributed by atoms with Crippen molar-refractivity contribution in [3.8, 4) is 0 Å². The van der Waals surface area contributed by atoms with Crippen molar-refractivity contribution in [3.63, 3.8) is 0 Å². The van der Waals surface area contributed by atoms with Gasteiger partial charge in [0.2, 0.25) is 0 Å². The Morgan fingerprint density at radius 3 is 1.62 bits per heavy atom. The fourth-order valence-electron chi connectivity index (χ4n) is 5.24. The van der Waals surface area contributed by atoms with Crippen molar-refractivity contribution in [1.29, 1.82) is 0 Å². The molecule has 0 aromatic rings. The van der Waals surface area contributed by atoms with E-state index in [0.29, 0.717) is 12.8 Å². The topological polar surface area (TPSA) is 102 Å². The lowest BCUT2D eigenvalue weighted by atomic mass is 10.1. The number of esters is 2. The Bertz CT molecular complexity index is 762. The summed E-state index contributed by atoms with van der Waals surface area (Å²) in [7, 11) is 5.38. The van der Waals surface area contributed by atoms with Crippen LogP contribution in [0, 0.1) is 0 Å². The lowest BCUT2D eigenvalue weighted by molar-refractivity contribution is -0.889. The number of carboxylic acids is 1. The van der Waals surface area contributed by atoms with Gasteiger partial charge in [-0.1, -0.05) is 109 Å². The highest BCUT2D eigenvalue weighted by Crippen LogP contribution is 2.12. The molecule has 0 fully saturated rings. The smallest absolute Gasteiger partial charge is 0.306 e. The normalized spacial score (nSPS) is 13.2. The number of hydrogen-bond acceptors (Lipinski definition) is 7. The summed E-state index contributed by atoms with van der Waals surface area (Å²) < 4.78 is 17.0. The summed E-state index contributed by atoms with van der Waals surface area (Å²) in [5, 5.41) is 11.5. The first kappa shape index (κ1) is 43.1. The van der Waals surface area contributed by atoms with Gasteiger partial charge in [-0.05, 0) is 38.5 Å². The summed E-state index contributed by atoms with van der Waals surface area (Å²) in [4.78, 5) is 36.4. The molecule has 0 rings (SSSR count). The second-order valence-corrected chi connectivity index (χ2v) is 13.5. The first-order valence-corrected chi connectivity index (χ1v) is 18.2. The highest BCUT2D eigenvalue weighted by Gasteiger charge is 2.25. The van der Waals surface area contributed by atoms with Gasteiger partial charge in [-0.3, -0.25) is 9.59 Å². The van der Waals surface area contributed by atoms with Crippen LogP contribution in [0.3, 0.4) is 0 Å². The molecular weight excluding hydrogens is 570 g/mol. The second kappa shape index (κ2) is 29.5. The molecule has 0 heterocycles. The monoisotopic (exact) mass is 640 g/mol. The lowest BCUT2D eigenvalue weighted by Gasteiger charge is -2.34. The molecule has 0 aliphatic rings. The van der Waals surface area contributed by atoms with Gasteiger partial charge in [0.05, 0.1) is 40.3 Å². The van der Waals surface area contributed by atoms with Crippen molar-refractivity contribution in [1.82, 2.24) is 0 Å². The summed E-state index contributed by atoms with van der Waals surface area (Å²) in [5.74, 6) is -1.76. The molecule has 264 valence electrons. The molecular formula is C37H69NO7. The Balaban J connectivity index is 4.39. The zero-order valence-electron chi connectivity index (χ0n) is 29.8. The number of hydrogen-bond donors (Lipinski definition) is 0. The minimum absolute atomic E-state index is 0.0398. The number of ether oxygens (including phenoxy) is 3. The Morgan fingerprint density at radius 2 is 1.11 bits per heavy atom. The molecule has 0 saturated heterocycles. The molecule has 8 nitrogen and oxygen atoms in total. The zero-order valence-corrected chi connectivity index (χ0v) is 29.8. The molecule has 0 aromatic carbocycles. The van der Waals surface area contributed by atoms with Crippen LogP contribution in [0.5, 0.6) is 0 Å². The molecule has 0 N–H and O–H groups in total. The van der Waals surface area contributed by atoms with Gasteiger partial charge in [-0.25, -0.2) is 0 Å². The number of carbonyl (C=O) groups excluding carboxylic acids is 3. The van der Waals surface area contributed by atoms with Crippen LogP contribution in [0.1, 0.15) is 155 Å². The molecule has 0 saturated carbocycles. The van der Waals surface area contributed by atoms with Gasteiger partial charge >= 0.3 is 11.9 Å². The van der Waals surface area contributed by atoms with Gasteiger partial charge in [0.25, 0.3) is 0 Å². The molecule has 45 heavy (non-hydrogen) atoms. The van der Waals surface area contributed by atoms with Crippen molar-refractivity contribution in [2.75, 3.05) is 41.0 Å².